The third-order valence-corrected chi connectivity index (χ3v) is 5.05. The first kappa shape index (κ1) is 21.7. The summed E-state index contributed by atoms with van der Waals surface area (Å²) in [4.78, 5) is 29.5. The first-order valence-corrected chi connectivity index (χ1v) is 9.64. The Labute approximate surface area is 171 Å². The highest BCUT2D eigenvalue weighted by Crippen LogP contribution is 2.34. The van der Waals surface area contributed by atoms with E-state index in [-0.39, 0.29) is 16.5 Å². The van der Waals surface area contributed by atoms with E-state index in [0.29, 0.717) is 12.8 Å². The molecular weight excluding hydrogens is 402 g/mol. The van der Waals surface area contributed by atoms with Crippen molar-refractivity contribution in [2.24, 2.45) is 0 Å². The third-order valence-electron chi connectivity index (χ3n) is 5.05. The Balaban J connectivity index is 2.08. The zero-order valence-corrected chi connectivity index (χ0v) is 16.0. The Morgan fingerprint density at radius 3 is 2.27 bits per heavy atom. The third kappa shape index (κ3) is 4.95. The standard InChI is InChI=1S/C21H21F4N3O2/c22-16-8-4-5-9-17(16)28(20(30)21(23,24)25)18(14-10-12-26-13-11-14)19(29)27-15-6-2-1-3-7-15/h4-5,8-13,15,18H,1-3,6-7H2,(H,27,29)/t18-/m1/s1. The second-order valence-corrected chi connectivity index (χ2v) is 7.15. The summed E-state index contributed by atoms with van der Waals surface area (Å²) in [6.45, 7) is 0. The number of alkyl halides is 3. The maximum Gasteiger partial charge on any atom is 0.471 e. The van der Waals surface area contributed by atoms with Crippen LogP contribution in [0.1, 0.15) is 43.7 Å². The number of pyridine rings is 1. The monoisotopic (exact) mass is 423 g/mol. The molecule has 1 aliphatic carbocycles. The van der Waals surface area contributed by atoms with E-state index in [2.05, 4.69) is 10.3 Å². The lowest BCUT2D eigenvalue weighted by molar-refractivity contribution is -0.171. The predicted molar refractivity (Wildman–Crippen MR) is 102 cm³/mol. The van der Waals surface area contributed by atoms with Gasteiger partial charge in [-0.3, -0.25) is 19.5 Å². The highest BCUT2D eigenvalue weighted by atomic mass is 19.4. The zero-order valence-electron chi connectivity index (χ0n) is 16.0. The number of nitrogens with one attached hydrogen (secondary N) is 1. The van der Waals surface area contributed by atoms with E-state index in [4.69, 9.17) is 0 Å². The number of carbonyl (C=O) groups excluding carboxylic acids is 2. The molecule has 0 aliphatic heterocycles. The number of aromatic nitrogens is 1. The maximum atomic E-state index is 14.5. The van der Waals surface area contributed by atoms with Crippen LogP contribution < -0.4 is 10.2 Å². The molecule has 1 atom stereocenters. The van der Waals surface area contributed by atoms with Crippen LogP contribution in [0.15, 0.2) is 48.8 Å². The minimum Gasteiger partial charge on any atom is -0.351 e. The van der Waals surface area contributed by atoms with Crippen LogP contribution >= 0.6 is 0 Å². The second-order valence-electron chi connectivity index (χ2n) is 7.15. The van der Waals surface area contributed by atoms with E-state index < -0.39 is 35.5 Å². The number of para-hydroxylation sites is 1. The summed E-state index contributed by atoms with van der Waals surface area (Å²) < 4.78 is 54.9. The summed E-state index contributed by atoms with van der Waals surface area (Å²) in [6, 6.07) is 5.33. The SMILES string of the molecule is O=C(NC1CCCCC1)[C@@H](c1ccncc1)N(C(=O)C(F)(F)F)c1ccccc1F. The fraction of sp³-hybridized carbons (Fsp3) is 0.381. The van der Waals surface area contributed by atoms with Gasteiger partial charge in [-0.25, -0.2) is 4.39 Å². The minimum absolute atomic E-state index is 0.0964. The summed E-state index contributed by atoms with van der Waals surface area (Å²) in [5.41, 5.74) is -0.528. The first-order chi connectivity index (χ1) is 14.3. The number of rotatable bonds is 5. The Morgan fingerprint density at radius 2 is 1.67 bits per heavy atom. The van der Waals surface area contributed by atoms with Gasteiger partial charge in [-0.1, -0.05) is 31.4 Å². The molecule has 1 aliphatic rings. The summed E-state index contributed by atoms with van der Waals surface area (Å²) in [5, 5.41) is 2.75. The first-order valence-electron chi connectivity index (χ1n) is 9.64. The molecule has 1 aromatic carbocycles. The van der Waals surface area contributed by atoms with Gasteiger partial charge in [-0.05, 0) is 42.7 Å². The molecule has 1 saturated carbocycles. The molecule has 9 heteroatoms. The molecule has 1 aromatic heterocycles. The van der Waals surface area contributed by atoms with Gasteiger partial charge in [-0.2, -0.15) is 13.2 Å². The Bertz CT molecular complexity index is 883. The highest BCUT2D eigenvalue weighted by molar-refractivity contribution is 6.03. The van der Waals surface area contributed by atoms with Crippen LogP contribution in [-0.2, 0) is 9.59 Å². The van der Waals surface area contributed by atoms with E-state index >= 15 is 0 Å². The van der Waals surface area contributed by atoms with Crippen LogP contribution in [0.25, 0.3) is 0 Å². The zero-order chi connectivity index (χ0) is 21.7. The number of anilines is 1. The van der Waals surface area contributed by atoms with Crippen molar-refractivity contribution in [1.29, 1.82) is 0 Å². The smallest absolute Gasteiger partial charge is 0.351 e. The highest BCUT2D eigenvalue weighted by Gasteiger charge is 2.48. The quantitative estimate of drug-likeness (QED) is 0.730. The summed E-state index contributed by atoms with van der Waals surface area (Å²) in [6.07, 6.45) is 1.49. The normalized spacial score (nSPS) is 16.0. The van der Waals surface area contributed by atoms with Gasteiger partial charge >= 0.3 is 12.1 Å². The van der Waals surface area contributed by atoms with E-state index in [1.54, 1.807) is 0 Å². The van der Waals surface area contributed by atoms with E-state index in [0.717, 1.165) is 31.4 Å². The van der Waals surface area contributed by atoms with Gasteiger partial charge in [0.15, 0.2) is 0 Å². The molecule has 0 unspecified atom stereocenters. The lowest BCUT2D eigenvalue weighted by Gasteiger charge is -2.33. The summed E-state index contributed by atoms with van der Waals surface area (Å²) in [5.74, 6) is -4.17. The second kappa shape index (κ2) is 9.23. The molecule has 30 heavy (non-hydrogen) atoms. The molecule has 5 nitrogen and oxygen atoms in total. The number of amides is 2. The summed E-state index contributed by atoms with van der Waals surface area (Å²) in [7, 11) is 0. The van der Waals surface area contributed by atoms with Gasteiger partial charge in [0.25, 0.3) is 0 Å². The predicted octanol–water partition coefficient (Wildman–Crippen LogP) is 4.31. The number of nitrogens with zero attached hydrogens (tertiary/aromatic N) is 2. The average molecular weight is 423 g/mol. The molecule has 0 bridgehead atoms. The lowest BCUT2D eigenvalue weighted by atomic mass is 9.94. The van der Waals surface area contributed by atoms with Gasteiger partial charge in [0.05, 0.1) is 5.69 Å². The molecular formula is C21H21F4N3O2. The summed E-state index contributed by atoms with van der Waals surface area (Å²) >= 11 is 0. The van der Waals surface area contributed by atoms with Crippen molar-refractivity contribution in [2.45, 2.75) is 50.4 Å². The fourth-order valence-corrected chi connectivity index (χ4v) is 3.64. The van der Waals surface area contributed by atoms with Crippen molar-refractivity contribution < 1.29 is 27.2 Å². The molecule has 0 radical (unpaired) electrons. The van der Waals surface area contributed by atoms with Crippen molar-refractivity contribution in [3.63, 3.8) is 0 Å². The number of hydrogen-bond acceptors (Lipinski definition) is 3. The molecule has 160 valence electrons. The van der Waals surface area contributed by atoms with Crippen molar-refractivity contribution in [1.82, 2.24) is 10.3 Å². The Kier molecular flexibility index (Phi) is 6.69. The van der Waals surface area contributed by atoms with Crippen molar-refractivity contribution >= 4 is 17.5 Å². The number of carbonyl (C=O) groups is 2. The van der Waals surface area contributed by atoms with E-state index in [9.17, 15) is 27.2 Å². The van der Waals surface area contributed by atoms with Crippen LogP contribution in [0.2, 0.25) is 0 Å². The largest absolute Gasteiger partial charge is 0.471 e. The molecule has 0 spiro atoms. The van der Waals surface area contributed by atoms with Gasteiger partial charge in [-0.15, -0.1) is 0 Å². The minimum atomic E-state index is -5.31. The number of halogens is 4. The van der Waals surface area contributed by atoms with Crippen molar-refractivity contribution in [3.05, 3.63) is 60.2 Å². The fourth-order valence-electron chi connectivity index (χ4n) is 3.64. The van der Waals surface area contributed by atoms with Crippen molar-refractivity contribution in [2.75, 3.05) is 4.90 Å². The van der Waals surface area contributed by atoms with Crippen LogP contribution in [0, 0.1) is 5.82 Å². The number of hydrogen-bond donors (Lipinski definition) is 1. The van der Waals surface area contributed by atoms with Crippen LogP contribution in [0.5, 0.6) is 0 Å². The molecule has 1 fully saturated rings. The lowest BCUT2D eigenvalue weighted by Crippen LogP contribution is -2.51. The molecule has 3 rings (SSSR count). The van der Waals surface area contributed by atoms with Gasteiger partial charge in [0.1, 0.15) is 11.9 Å². The van der Waals surface area contributed by atoms with E-state index in [1.807, 2.05) is 0 Å². The molecule has 1 N–H and O–H groups in total. The van der Waals surface area contributed by atoms with Gasteiger partial charge < -0.3 is 5.32 Å². The Hall–Kier alpha value is -2.97. The average Bonchev–Trinajstić information content (AvgIpc) is 2.73. The molecule has 1 heterocycles. The molecule has 0 saturated heterocycles. The van der Waals surface area contributed by atoms with Crippen LogP contribution in [0.4, 0.5) is 23.2 Å². The van der Waals surface area contributed by atoms with Crippen molar-refractivity contribution in [3.8, 4) is 0 Å². The van der Waals surface area contributed by atoms with Crippen LogP contribution in [-0.4, -0.2) is 29.0 Å². The topological polar surface area (TPSA) is 62.3 Å². The van der Waals surface area contributed by atoms with Gasteiger partial charge in [0, 0.05) is 18.4 Å². The van der Waals surface area contributed by atoms with Crippen LogP contribution in [0.3, 0.4) is 0 Å². The van der Waals surface area contributed by atoms with E-state index in [1.165, 1.54) is 36.7 Å². The Morgan fingerprint density at radius 1 is 1.03 bits per heavy atom. The number of benzene rings is 1. The molecule has 2 amide bonds. The van der Waals surface area contributed by atoms with Gasteiger partial charge in [0.2, 0.25) is 5.91 Å². The maximum absolute atomic E-state index is 14.5. The molecule has 2 aromatic rings.